The summed E-state index contributed by atoms with van der Waals surface area (Å²) in [6.07, 6.45) is 3.12. The van der Waals surface area contributed by atoms with Crippen LogP contribution in [-0.2, 0) is 9.53 Å². The normalized spacial score (nSPS) is 21.1. The Hall–Kier alpha value is -3.32. The van der Waals surface area contributed by atoms with Gasteiger partial charge >= 0.3 is 5.97 Å². The quantitative estimate of drug-likeness (QED) is 0.516. The van der Waals surface area contributed by atoms with Gasteiger partial charge in [-0.25, -0.2) is 13.8 Å². The molecule has 0 unspecified atom stereocenters. The Bertz CT molecular complexity index is 1180. The number of benzene rings is 2. The average Bonchev–Trinajstić information content (AvgIpc) is 3.12. The second-order valence-electron chi connectivity index (χ2n) is 8.95. The number of aliphatic hydroxyl groups is 1. The molecule has 1 saturated heterocycles. The van der Waals surface area contributed by atoms with Gasteiger partial charge in [0.25, 0.3) is 0 Å². The molecule has 1 fully saturated rings. The Balaban J connectivity index is 1.86. The van der Waals surface area contributed by atoms with Gasteiger partial charge in [-0.2, -0.15) is 0 Å². The van der Waals surface area contributed by atoms with Crippen molar-refractivity contribution in [1.29, 1.82) is 0 Å². The van der Waals surface area contributed by atoms with Crippen LogP contribution in [0.25, 0.3) is 28.7 Å². The van der Waals surface area contributed by atoms with Gasteiger partial charge in [0.05, 0.1) is 23.4 Å². The van der Waals surface area contributed by atoms with Gasteiger partial charge in [-0.3, -0.25) is 4.79 Å². The molecule has 4 rings (SSSR count). The van der Waals surface area contributed by atoms with Crippen LogP contribution in [0.4, 0.5) is 8.78 Å². The van der Waals surface area contributed by atoms with Crippen molar-refractivity contribution in [2.45, 2.75) is 51.2 Å². The van der Waals surface area contributed by atoms with E-state index in [9.17, 15) is 18.7 Å². The zero-order chi connectivity index (χ0) is 23.8. The number of nitrogens with zero attached hydrogens (tertiary/aromatic N) is 2. The maximum atomic E-state index is 13.7. The molecule has 1 aliphatic rings. The van der Waals surface area contributed by atoms with Crippen LogP contribution in [-0.4, -0.2) is 32.3 Å². The number of rotatable bonds is 5. The number of ether oxygens (including phenoxy) is 1. The van der Waals surface area contributed by atoms with Gasteiger partial charge in [0.2, 0.25) is 0 Å². The van der Waals surface area contributed by atoms with E-state index in [1.807, 2.05) is 18.4 Å². The van der Waals surface area contributed by atoms with Crippen molar-refractivity contribution in [2.24, 2.45) is 0 Å². The summed E-state index contributed by atoms with van der Waals surface area (Å²) in [5, 5.41) is 10.4. The molecular weight excluding hydrogens is 426 g/mol. The lowest BCUT2D eigenvalue weighted by Crippen LogP contribution is -2.40. The van der Waals surface area contributed by atoms with Crippen LogP contribution in [0.3, 0.4) is 0 Å². The van der Waals surface area contributed by atoms with Crippen LogP contribution >= 0.6 is 0 Å². The Morgan fingerprint density at radius 2 is 1.67 bits per heavy atom. The third-order valence-corrected chi connectivity index (χ3v) is 5.59. The molecule has 2 aromatic carbocycles. The molecule has 1 N–H and O–H groups in total. The summed E-state index contributed by atoms with van der Waals surface area (Å²) in [6.45, 7) is 5.61. The van der Waals surface area contributed by atoms with Crippen LogP contribution in [0.1, 0.15) is 45.4 Å². The fourth-order valence-electron chi connectivity index (χ4n) is 4.06. The predicted molar refractivity (Wildman–Crippen MR) is 122 cm³/mol. The molecule has 0 amide bonds. The van der Waals surface area contributed by atoms with Crippen LogP contribution in [0, 0.1) is 11.6 Å². The second-order valence-corrected chi connectivity index (χ2v) is 8.95. The number of cyclic esters (lactones) is 1. The minimum Gasteiger partial charge on any atom is -0.458 e. The lowest BCUT2D eigenvalue weighted by Gasteiger charge is -2.31. The number of imidazole rings is 1. The molecule has 0 radical (unpaired) electrons. The Morgan fingerprint density at radius 1 is 1.09 bits per heavy atom. The monoisotopic (exact) mass is 452 g/mol. The fourth-order valence-corrected chi connectivity index (χ4v) is 4.06. The SMILES string of the molecule is CC(C)c1nc(-c2ccc(F)cc2)c(-c2ccc(F)cc2)n1/C=C/[C@H]1C[C@](C)(O)CC(=O)O1. The number of hydrogen-bond donors (Lipinski definition) is 1. The molecule has 2 heterocycles. The van der Waals surface area contributed by atoms with Crippen molar-refractivity contribution in [3.05, 3.63) is 72.1 Å². The molecule has 0 saturated carbocycles. The van der Waals surface area contributed by atoms with E-state index in [0.717, 1.165) is 17.0 Å². The van der Waals surface area contributed by atoms with E-state index in [2.05, 4.69) is 0 Å². The highest BCUT2D eigenvalue weighted by molar-refractivity contribution is 5.81. The number of halogens is 2. The van der Waals surface area contributed by atoms with Crippen molar-refractivity contribution in [3.8, 4) is 22.5 Å². The second kappa shape index (κ2) is 8.90. The summed E-state index contributed by atoms with van der Waals surface area (Å²) in [7, 11) is 0. The Labute approximate surface area is 191 Å². The van der Waals surface area contributed by atoms with E-state index < -0.39 is 17.7 Å². The smallest absolute Gasteiger partial charge is 0.309 e. The number of aromatic nitrogens is 2. The predicted octanol–water partition coefficient (Wildman–Crippen LogP) is 5.55. The van der Waals surface area contributed by atoms with E-state index >= 15 is 0 Å². The Morgan fingerprint density at radius 3 is 2.21 bits per heavy atom. The van der Waals surface area contributed by atoms with Crippen LogP contribution in [0.15, 0.2) is 54.6 Å². The van der Waals surface area contributed by atoms with E-state index in [1.54, 1.807) is 43.5 Å². The van der Waals surface area contributed by atoms with Crippen molar-refractivity contribution >= 4 is 12.2 Å². The zero-order valence-corrected chi connectivity index (χ0v) is 18.8. The maximum Gasteiger partial charge on any atom is 0.309 e. The number of carbonyl (C=O) groups is 1. The molecule has 1 aliphatic heterocycles. The molecule has 0 aliphatic carbocycles. The van der Waals surface area contributed by atoms with Crippen LogP contribution in [0.5, 0.6) is 0 Å². The summed E-state index contributed by atoms with van der Waals surface area (Å²) >= 11 is 0. The molecule has 7 heteroatoms. The van der Waals surface area contributed by atoms with Crippen molar-refractivity contribution in [3.63, 3.8) is 0 Å². The molecule has 2 atom stereocenters. The van der Waals surface area contributed by atoms with Gasteiger partial charge in [-0.05, 0) is 61.5 Å². The first kappa shape index (κ1) is 22.9. The van der Waals surface area contributed by atoms with Crippen LogP contribution < -0.4 is 0 Å². The van der Waals surface area contributed by atoms with Crippen molar-refractivity contribution in [2.75, 3.05) is 0 Å². The summed E-state index contributed by atoms with van der Waals surface area (Å²) in [6, 6.07) is 12.1. The van der Waals surface area contributed by atoms with Gasteiger partial charge in [0.1, 0.15) is 23.6 Å². The number of esters is 1. The topological polar surface area (TPSA) is 64.3 Å². The molecule has 172 valence electrons. The first-order valence-corrected chi connectivity index (χ1v) is 10.9. The van der Waals surface area contributed by atoms with Crippen LogP contribution in [0.2, 0.25) is 0 Å². The van der Waals surface area contributed by atoms with Gasteiger partial charge < -0.3 is 14.4 Å². The van der Waals surface area contributed by atoms with Gasteiger partial charge in [-0.1, -0.05) is 13.8 Å². The molecule has 33 heavy (non-hydrogen) atoms. The standard InChI is InChI=1S/C26H26F2N2O3/c1-16(2)25-29-23(17-4-8-19(27)9-5-17)24(18-6-10-20(28)11-7-18)30(25)13-12-21-14-26(3,32)15-22(31)33-21/h4-13,16,21,32H,14-15H2,1-3H3/b13-12+/t21-,26-/m0/s1. The van der Waals surface area contributed by atoms with E-state index in [0.29, 0.717) is 11.4 Å². The highest BCUT2D eigenvalue weighted by Crippen LogP contribution is 2.36. The highest BCUT2D eigenvalue weighted by atomic mass is 19.1. The van der Waals surface area contributed by atoms with Crippen molar-refractivity contribution in [1.82, 2.24) is 9.55 Å². The van der Waals surface area contributed by atoms with Gasteiger partial charge in [-0.15, -0.1) is 0 Å². The molecule has 0 spiro atoms. The first-order chi connectivity index (χ1) is 15.6. The summed E-state index contributed by atoms with van der Waals surface area (Å²) in [5.41, 5.74) is 1.64. The molecule has 3 aromatic rings. The number of carbonyl (C=O) groups excluding carboxylic acids is 1. The summed E-state index contributed by atoms with van der Waals surface area (Å²) < 4.78 is 34.5. The van der Waals surface area contributed by atoms with Gasteiger partial charge in [0.15, 0.2) is 0 Å². The lowest BCUT2D eigenvalue weighted by atomic mass is 9.92. The zero-order valence-electron chi connectivity index (χ0n) is 18.8. The minimum atomic E-state index is -1.14. The first-order valence-electron chi connectivity index (χ1n) is 10.9. The third-order valence-electron chi connectivity index (χ3n) is 5.59. The van der Waals surface area contributed by atoms with Crippen molar-refractivity contribution < 1.29 is 23.4 Å². The third kappa shape index (κ3) is 5.03. The van der Waals surface area contributed by atoms with E-state index in [-0.39, 0.29) is 30.4 Å². The molecule has 1 aromatic heterocycles. The minimum absolute atomic E-state index is 0.0278. The highest BCUT2D eigenvalue weighted by Gasteiger charge is 2.35. The summed E-state index contributed by atoms with van der Waals surface area (Å²) in [4.78, 5) is 16.8. The largest absolute Gasteiger partial charge is 0.458 e. The van der Waals surface area contributed by atoms with Gasteiger partial charge in [0, 0.05) is 29.7 Å². The lowest BCUT2D eigenvalue weighted by molar-refractivity contribution is -0.163. The number of hydrogen-bond acceptors (Lipinski definition) is 4. The fraction of sp³-hybridized carbons (Fsp3) is 0.308. The average molecular weight is 453 g/mol. The Kier molecular flexibility index (Phi) is 6.17. The maximum absolute atomic E-state index is 13.7. The molecule has 5 nitrogen and oxygen atoms in total. The molecular formula is C26H26F2N2O3. The summed E-state index contributed by atoms with van der Waals surface area (Å²) in [5.74, 6) is -0.402. The molecule has 0 bridgehead atoms. The van der Waals surface area contributed by atoms with E-state index in [4.69, 9.17) is 9.72 Å². The van der Waals surface area contributed by atoms with E-state index in [1.165, 1.54) is 24.3 Å².